The number of aromatic nitrogens is 2. The second kappa shape index (κ2) is 8.16. The molecule has 0 saturated heterocycles. The summed E-state index contributed by atoms with van der Waals surface area (Å²) in [6, 6.07) is 13.8. The predicted octanol–water partition coefficient (Wildman–Crippen LogP) is 2.25. The van der Waals surface area contributed by atoms with Crippen LogP contribution in [0, 0.1) is 0 Å². The molecule has 0 aliphatic heterocycles. The van der Waals surface area contributed by atoms with Crippen molar-refractivity contribution < 1.29 is 28.2 Å². The first-order valence-electron chi connectivity index (χ1n) is 7.93. The second-order valence-electron chi connectivity index (χ2n) is 5.46. The molecule has 2 amide bonds. The van der Waals surface area contributed by atoms with Gasteiger partial charge in [0, 0.05) is 5.56 Å². The van der Waals surface area contributed by atoms with Gasteiger partial charge in [0.2, 0.25) is 0 Å². The van der Waals surface area contributed by atoms with Crippen LogP contribution in [0.2, 0.25) is 0 Å². The van der Waals surface area contributed by atoms with Crippen molar-refractivity contribution in [1.82, 2.24) is 20.6 Å². The summed E-state index contributed by atoms with van der Waals surface area (Å²) in [5.74, 6) is -2.22. The van der Waals surface area contributed by atoms with E-state index >= 15 is 0 Å². The molecular weight excluding hydrogens is 374 g/mol. The molecule has 10 heteroatoms. The monoisotopic (exact) mass is 388 g/mol. The van der Waals surface area contributed by atoms with Gasteiger partial charge in [-0.25, -0.2) is 4.68 Å². The quantitative estimate of drug-likeness (QED) is 0.582. The molecule has 8 nitrogen and oxygen atoms in total. The molecule has 0 bridgehead atoms. The SMILES string of the molecule is O=C(NNC(=O)c1nn(-c2ccccc2)cc1O)c1cccc(OC(F)F)c1. The van der Waals surface area contributed by atoms with E-state index in [2.05, 4.69) is 20.7 Å². The highest BCUT2D eigenvalue weighted by atomic mass is 19.3. The average molecular weight is 388 g/mol. The number of carbonyl (C=O) groups excluding carboxylic acids is 2. The van der Waals surface area contributed by atoms with Gasteiger partial charge >= 0.3 is 6.61 Å². The van der Waals surface area contributed by atoms with Gasteiger partial charge in [0.1, 0.15) is 5.75 Å². The molecule has 0 spiro atoms. The molecule has 28 heavy (non-hydrogen) atoms. The Kier molecular flexibility index (Phi) is 5.49. The van der Waals surface area contributed by atoms with E-state index in [1.807, 2.05) is 0 Å². The van der Waals surface area contributed by atoms with Crippen molar-refractivity contribution in [3.63, 3.8) is 0 Å². The molecule has 3 aromatic rings. The maximum Gasteiger partial charge on any atom is 0.387 e. The van der Waals surface area contributed by atoms with E-state index in [0.29, 0.717) is 5.69 Å². The maximum atomic E-state index is 12.2. The Morgan fingerprint density at radius 2 is 1.75 bits per heavy atom. The molecule has 0 unspecified atom stereocenters. The van der Waals surface area contributed by atoms with Gasteiger partial charge in [-0.3, -0.25) is 20.4 Å². The minimum atomic E-state index is -3.03. The molecule has 0 atom stereocenters. The molecule has 0 fully saturated rings. The third kappa shape index (κ3) is 4.41. The number of ether oxygens (including phenoxy) is 1. The Morgan fingerprint density at radius 1 is 1.04 bits per heavy atom. The number of nitrogens with zero attached hydrogens (tertiary/aromatic N) is 2. The van der Waals surface area contributed by atoms with Gasteiger partial charge in [-0.05, 0) is 30.3 Å². The molecule has 144 valence electrons. The van der Waals surface area contributed by atoms with Crippen LogP contribution in [0.4, 0.5) is 8.78 Å². The number of para-hydroxylation sites is 1. The Morgan fingerprint density at radius 3 is 2.46 bits per heavy atom. The van der Waals surface area contributed by atoms with Crippen LogP contribution < -0.4 is 15.6 Å². The number of carbonyl (C=O) groups is 2. The van der Waals surface area contributed by atoms with E-state index < -0.39 is 18.4 Å². The van der Waals surface area contributed by atoms with Crippen LogP contribution in [0.1, 0.15) is 20.8 Å². The van der Waals surface area contributed by atoms with Crippen LogP contribution in [-0.4, -0.2) is 33.3 Å². The largest absolute Gasteiger partial charge is 0.504 e. The highest BCUT2D eigenvalue weighted by Crippen LogP contribution is 2.18. The highest BCUT2D eigenvalue weighted by molar-refractivity contribution is 5.99. The summed E-state index contributed by atoms with van der Waals surface area (Å²) in [4.78, 5) is 24.2. The topological polar surface area (TPSA) is 105 Å². The van der Waals surface area contributed by atoms with Crippen LogP contribution in [-0.2, 0) is 0 Å². The Bertz CT molecular complexity index is 992. The molecular formula is C18H14F2N4O4. The number of amides is 2. The zero-order chi connectivity index (χ0) is 20.1. The molecule has 0 aliphatic carbocycles. The summed E-state index contributed by atoms with van der Waals surface area (Å²) in [5.41, 5.74) is 4.51. The first-order chi connectivity index (χ1) is 13.4. The molecule has 2 aromatic carbocycles. The number of halogens is 2. The molecule has 1 aromatic heterocycles. The summed E-state index contributed by atoms with van der Waals surface area (Å²) in [7, 11) is 0. The van der Waals surface area contributed by atoms with Gasteiger partial charge in [0.25, 0.3) is 11.8 Å². The van der Waals surface area contributed by atoms with Crippen molar-refractivity contribution >= 4 is 11.8 Å². The second-order valence-corrected chi connectivity index (χ2v) is 5.46. The van der Waals surface area contributed by atoms with Crippen LogP contribution in [0.15, 0.2) is 60.8 Å². The zero-order valence-corrected chi connectivity index (χ0v) is 14.2. The standard InChI is InChI=1S/C18H14F2N4O4/c19-18(20)28-13-8-4-5-11(9-13)16(26)21-22-17(27)15-14(25)10-24(23-15)12-6-2-1-3-7-12/h1-10,18,25H,(H,21,26)(H,22,27). The van der Waals surface area contributed by atoms with Gasteiger partial charge in [-0.1, -0.05) is 24.3 Å². The third-order valence-electron chi connectivity index (χ3n) is 3.54. The molecule has 3 N–H and O–H groups in total. The predicted molar refractivity (Wildman–Crippen MR) is 93.2 cm³/mol. The van der Waals surface area contributed by atoms with E-state index in [9.17, 15) is 23.5 Å². The number of hydrogen-bond donors (Lipinski definition) is 3. The zero-order valence-electron chi connectivity index (χ0n) is 14.2. The summed E-state index contributed by atoms with van der Waals surface area (Å²) >= 11 is 0. The third-order valence-corrected chi connectivity index (χ3v) is 3.54. The van der Waals surface area contributed by atoms with Crippen molar-refractivity contribution in [2.75, 3.05) is 0 Å². The fourth-order valence-electron chi connectivity index (χ4n) is 2.30. The summed E-state index contributed by atoms with van der Waals surface area (Å²) < 4.78 is 30.0. The van der Waals surface area contributed by atoms with Crippen molar-refractivity contribution in [1.29, 1.82) is 0 Å². The lowest BCUT2D eigenvalue weighted by atomic mass is 10.2. The van der Waals surface area contributed by atoms with Crippen LogP contribution in [0.25, 0.3) is 5.69 Å². The molecule has 1 heterocycles. The number of aromatic hydroxyl groups is 1. The van der Waals surface area contributed by atoms with E-state index in [1.54, 1.807) is 30.3 Å². The van der Waals surface area contributed by atoms with E-state index in [-0.39, 0.29) is 22.8 Å². The van der Waals surface area contributed by atoms with E-state index in [1.165, 1.54) is 29.1 Å². The number of rotatable bonds is 5. The molecule has 0 aliphatic rings. The molecule has 0 saturated carbocycles. The Balaban J connectivity index is 1.66. The normalized spacial score (nSPS) is 10.5. The first kappa shape index (κ1) is 18.8. The molecule has 0 radical (unpaired) electrons. The Labute approximate surface area is 157 Å². The van der Waals surface area contributed by atoms with Crippen LogP contribution in [0.5, 0.6) is 11.5 Å². The fourth-order valence-corrected chi connectivity index (χ4v) is 2.30. The summed E-state index contributed by atoms with van der Waals surface area (Å²) in [6.07, 6.45) is 1.25. The van der Waals surface area contributed by atoms with E-state index in [4.69, 9.17) is 0 Å². The fraction of sp³-hybridized carbons (Fsp3) is 0.0556. The van der Waals surface area contributed by atoms with Crippen molar-refractivity contribution in [2.24, 2.45) is 0 Å². The Hall–Kier alpha value is -3.95. The van der Waals surface area contributed by atoms with Crippen LogP contribution in [0.3, 0.4) is 0 Å². The number of alkyl halides is 2. The van der Waals surface area contributed by atoms with Crippen LogP contribution >= 0.6 is 0 Å². The van der Waals surface area contributed by atoms with Gasteiger partial charge in [-0.2, -0.15) is 13.9 Å². The maximum absolute atomic E-state index is 12.2. The number of hydrogen-bond acceptors (Lipinski definition) is 5. The van der Waals surface area contributed by atoms with Gasteiger partial charge in [0.15, 0.2) is 11.4 Å². The van der Waals surface area contributed by atoms with Gasteiger partial charge < -0.3 is 9.84 Å². The lowest BCUT2D eigenvalue weighted by Gasteiger charge is -2.08. The van der Waals surface area contributed by atoms with Gasteiger partial charge in [0.05, 0.1) is 11.9 Å². The minimum absolute atomic E-state index is 0.0162. The number of nitrogens with one attached hydrogen (secondary N) is 2. The molecule has 3 rings (SSSR count). The average Bonchev–Trinajstić information content (AvgIpc) is 3.08. The number of hydrazine groups is 1. The summed E-state index contributed by atoms with van der Waals surface area (Å²) in [5, 5.41) is 13.9. The smallest absolute Gasteiger partial charge is 0.387 e. The highest BCUT2D eigenvalue weighted by Gasteiger charge is 2.18. The first-order valence-corrected chi connectivity index (χ1v) is 7.93. The summed E-state index contributed by atoms with van der Waals surface area (Å²) in [6.45, 7) is -3.03. The van der Waals surface area contributed by atoms with Gasteiger partial charge in [-0.15, -0.1) is 0 Å². The minimum Gasteiger partial charge on any atom is -0.504 e. The lowest BCUT2D eigenvalue weighted by Crippen LogP contribution is -2.41. The van der Waals surface area contributed by atoms with Crippen molar-refractivity contribution in [2.45, 2.75) is 6.61 Å². The van der Waals surface area contributed by atoms with E-state index in [0.717, 1.165) is 6.07 Å². The number of benzene rings is 2. The van der Waals surface area contributed by atoms with Crippen molar-refractivity contribution in [3.05, 3.63) is 72.1 Å². The lowest BCUT2D eigenvalue weighted by molar-refractivity contribution is -0.0498. The van der Waals surface area contributed by atoms with Crippen molar-refractivity contribution in [3.8, 4) is 17.2 Å².